The Kier molecular flexibility index (Phi) is 4.54. The molecule has 4 aromatic rings. The molecule has 5 rings (SSSR count). The van der Waals surface area contributed by atoms with Gasteiger partial charge in [0.05, 0.1) is 34.0 Å². The highest BCUT2D eigenvalue weighted by atomic mass is 35.5. The van der Waals surface area contributed by atoms with Crippen LogP contribution in [0.4, 0.5) is 11.5 Å². The second-order valence-corrected chi connectivity index (χ2v) is 7.29. The maximum absolute atomic E-state index is 6.48. The lowest BCUT2D eigenvalue weighted by molar-refractivity contribution is 0.692. The van der Waals surface area contributed by atoms with Gasteiger partial charge in [-0.3, -0.25) is 4.99 Å². The van der Waals surface area contributed by atoms with E-state index in [1.54, 1.807) is 6.33 Å². The molecule has 144 valence electrons. The maximum Gasteiger partial charge on any atom is 0.182 e. The van der Waals surface area contributed by atoms with E-state index in [-0.39, 0.29) is 6.17 Å². The Morgan fingerprint density at radius 3 is 2.76 bits per heavy atom. The van der Waals surface area contributed by atoms with E-state index in [2.05, 4.69) is 25.3 Å². The van der Waals surface area contributed by atoms with Crippen molar-refractivity contribution in [2.75, 3.05) is 16.8 Å². The quantitative estimate of drug-likeness (QED) is 0.527. The highest BCUT2D eigenvalue weighted by Gasteiger charge is 2.22. The first-order chi connectivity index (χ1) is 14.2. The number of anilines is 2. The van der Waals surface area contributed by atoms with Crippen molar-refractivity contribution in [1.29, 1.82) is 0 Å². The number of hydrogen-bond acceptors (Lipinski definition) is 6. The molecule has 0 spiro atoms. The van der Waals surface area contributed by atoms with E-state index < -0.39 is 0 Å². The van der Waals surface area contributed by atoms with Crippen LogP contribution in [0.2, 0.25) is 10.0 Å². The van der Waals surface area contributed by atoms with E-state index in [9.17, 15) is 0 Å². The third-order valence-corrected chi connectivity index (χ3v) is 5.36. The molecule has 0 saturated heterocycles. The SMILES string of the molecule is Clc1ccccc1N1C=c2c(Cl)cccc2=NC1CNc1ncnc2nc[nH]c12. The number of halogens is 2. The molecule has 3 heterocycles. The number of fused-ring (bicyclic) bond motifs is 2. The molecule has 0 fully saturated rings. The molecule has 1 unspecified atom stereocenters. The standard InChI is InChI=1S/C20H15Cl2N7/c21-13-5-3-6-15-12(13)9-29(16-7-2-1-4-14(16)22)17(28-15)8-23-19-18-20(25-10-24-18)27-11-26-19/h1-7,9-11,17H,8H2,(H2,23,24,25,26,27). The Labute approximate surface area is 175 Å². The highest BCUT2D eigenvalue weighted by Crippen LogP contribution is 2.28. The summed E-state index contributed by atoms with van der Waals surface area (Å²) in [6, 6.07) is 13.4. The summed E-state index contributed by atoms with van der Waals surface area (Å²) in [5, 5.41) is 6.33. The first kappa shape index (κ1) is 17.9. The second-order valence-electron chi connectivity index (χ2n) is 6.47. The summed E-state index contributed by atoms with van der Waals surface area (Å²) in [7, 11) is 0. The van der Waals surface area contributed by atoms with Crippen molar-refractivity contribution < 1.29 is 0 Å². The monoisotopic (exact) mass is 423 g/mol. The number of imidazole rings is 1. The molecule has 7 nitrogen and oxygen atoms in total. The van der Waals surface area contributed by atoms with Gasteiger partial charge in [0.2, 0.25) is 0 Å². The molecule has 2 aromatic carbocycles. The van der Waals surface area contributed by atoms with Crippen LogP contribution in [0.5, 0.6) is 0 Å². The molecule has 2 N–H and O–H groups in total. The second kappa shape index (κ2) is 7.35. The fourth-order valence-corrected chi connectivity index (χ4v) is 3.79. The number of hydrogen-bond donors (Lipinski definition) is 2. The summed E-state index contributed by atoms with van der Waals surface area (Å²) in [5.41, 5.74) is 2.21. The minimum atomic E-state index is -0.256. The van der Waals surface area contributed by atoms with E-state index >= 15 is 0 Å². The zero-order valence-electron chi connectivity index (χ0n) is 15.0. The van der Waals surface area contributed by atoms with Crippen LogP contribution < -0.4 is 20.8 Å². The number of H-pyrrole nitrogens is 1. The van der Waals surface area contributed by atoms with Crippen LogP contribution in [-0.4, -0.2) is 32.6 Å². The van der Waals surface area contributed by atoms with Crippen molar-refractivity contribution >= 4 is 52.1 Å². The third-order valence-electron chi connectivity index (χ3n) is 4.71. The number of benzene rings is 2. The maximum atomic E-state index is 6.48. The van der Waals surface area contributed by atoms with E-state index in [1.807, 2.05) is 53.6 Å². The van der Waals surface area contributed by atoms with Crippen molar-refractivity contribution in [1.82, 2.24) is 19.9 Å². The van der Waals surface area contributed by atoms with Crippen molar-refractivity contribution in [3.63, 3.8) is 0 Å². The van der Waals surface area contributed by atoms with E-state index in [4.69, 9.17) is 28.2 Å². The summed E-state index contributed by atoms with van der Waals surface area (Å²) in [4.78, 5) is 22.6. The minimum Gasteiger partial charge on any atom is -0.364 e. The van der Waals surface area contributed by atoms with Crippen molar-refractivity contribution in [3.8, 4) is 0 Å². The van der Waals surface area contributed by atoms with E-state index in [1.165, 1.54) is 6.33 Å². The molecule has 1 atom stereocenters. The average Bonchev–Trinajstić information content (AvgIpc) is 3.22. The van der Waals surface area contributed by atoms with Crippen LogP contribution in [0.25, 0.3) is 17.4 Å². The zero-order chi connectivity index (χ0) is 19.8. The number of aromatic amines is 1. The van der Waals surface area contributed by atoms with Crippen molar-refractivity contribution in [3.05, 3.63) is 75.7 Å². The summed E-state index contributed by atoms with van der Waals surface area (Å²) < 4.78 is 0. The van der Waals surface area contributed by atoms with Gasteiger partial charge in [-0.2, -0.15) is 0 Å². The fourth-order valence-electron chi connectivity index (χ4n) is 3.34. The Hall–Kier alpha value is -3.16. The molecule has 0 radical (unpaired) electrons. The number of nitrogens with zero attached hydrogens (tertiary/aromatic N) is 5. The molecule has 1 aliphatic heterocycles. The molecule has 29 heavy (non-hydrogen) atoms. The van der Waals surface area contributed by atoms with E-state index in [0.29, 0.717) is 28.1 Å². The van der Waals surface area contributed by atoms with Crippen molar-refractivity contribution in [2.45, 2.75) is 6.17 Å². The summed E-state index contributed by atoms with van der Waals surface area (Å²) >= 11 is 12.9. The van der Waals surface area contributed by atoms with Gasteiger partial charge in [0.1, 0.15) is 18.0 Å². The summed E-state index contributed by atoms with van der Waals surface area (Å²) in [5.74, 6) is 0.665. The Balaban J connectivity index is 1.55. The number of para-hydroxylation sites is 1. The molecule has 0 amide bonds. The molecule has 9 heteroatoms. The molecule has 0 saturated carbocycles. The lowest BCUT2D eigenvalue weighted by atomic mass is 10.2. The van der Waals surface area contributed by atoms with Crippen molar-refractivity contribution in [2.24, 2.45) is 4.99 Å². The van der Waals surface area contributed by atoms with Gasteiger partial charge in [-0.25, -0.2) is 15.0 Å². The van der Waals surface area contributed by atoms with Gasteiger partial charge in [0.25, 0.3) is 0 Å². The van der Waals surface area contributed by atoms with Gasteiger partial charge in [-0.05, 0) is 24.3 Å². The lowest BCUT2D eigenvalue weighted by Crippen LogP contribution is -2.45. The van der Waals surface area contributed by atoms with Crippen LogP contribution in [-0.2, 0) is 0 Å². The molecule has 0 aliphatic carbocycles. The van der Waals surface area contributed by atoms with Crippen LogP contribution in [0, 0.1) is 0 Å². The Morgan fingerprint density at radius 2 is 1.86 bits per heavy atom. The van der Waals surface area contributed by atoms with Gasteiger partial charge in [0, 0.05) is 11.4 Å². The molecule has 0 bridgehead atoms. The van der Waals surface area contributed by atoms with E-state index in [0.717, 1.165) is 21.8 Å². The molecule has 2 aromatic heterocycles. The molecule has 1 aliphatic rings. The van der Waals surface area contributed by atoms with Gasteiger partial charge < -0.3 is 15.2 Å². The smallest absolute Gasteiger partial charge is 0.182 e. The molecular weight excluding hydrogens is 409 g/mol. The van der Waals surface area contributed by atoms with Crippen LogP contribution in [0.15, 0.2) is 60.1 Å². The van der Waals surface area contributed by atoms with Gasteiger partial charge in [0.15, 0.2) is 11.5 Å². The topological polar surface area (TPSA) is 82.1 Å². The summed E-state index contributed by atoms with van der Waals surface area (Å²) in [6.45, 7) is 0.485. The van der Waals surface area contributed by atoms with Crippen LogP contribution in [0.1, 0.15) is 0 Å². The first-order valence-electron chi connectivity index (χ1n) is 8.96. The molecular formula is C20H15Cl2N7. The number of aromatic nitrogens is 4. The highest BCUT2D eigenvalue weighted by molar-refractivity contribution is 6.33. The first-order valence-corrected chi connectivity index (χ1v) is 9.71. The normalized spacial score (nSPS) is 15.5. The fraction of sp³-hybridized carbons (Fsp3) is 0.100. The minimum absolute atomic E-state index is 0.256. The number of nitrogens with one attached hydrogen (secondary N) is 2. The summed E-state index contributed by atoms with van der Waals surface area (Å²) in [6.07, 6.45) is 4.81. The lowest BCUT2D eigenvalue weighted by Gasteiger charge is -2.31. The largest absolute Gasteiger partial charge is 0.364 e. The predicted octanol–water partition coefficient (Wildman–Crippen LogP) is 2.98. The Morgan fingerprint density at radius 1 is 1.00 bits per heavy atom. The van der Waals surface area contributed by atoms with Crippen LogP contribution in [0.3, 0.4) is 0 Å². The number of rotatable bonds is 4. The van der Waals surface area contributed by atoms with Gasteiger partial charge in [-0.15, -0.1) is 0 Å². The predicted molar refractivity (Wildman–Crippen MR) is 115 cm³/mol. The van der Waals surface area contributed by atoms with Gasteiger partial charge in [-0.1, -0.05) is 41.4 Å². The van der Waals surface area contributed by atoms with Crippen LogP contribution >= 0.6 is 23.2 Å². The average molecular weight is 424 g/mol. The zero-order valence-corrected chi connectivity index (χ0v) is 16.6. The van der Waals surface area contributed by atoms with Gasteiger partial charge >= 0.3 is 0 Å². The Bertz CT molecular complexity index is 1320. The third kappa shape index (κ3) is 3.28.